The van der Waals surface area contributed by atoms with Gasteiger partial charge in [-0.3, -0.25) is 4.79 Å². The molecule has 3 aromatic rings. The molecule has 1 heterocycles. The number of carbonyl (C=O) groups is 1. The fourth-order valence-corrected chi connectivity index (χ4v) is 2.50. The summed E-state index contributed by atoms with van der Waals surface area (Å²) in [5.41, 5.74) is 3.49. The lowest BCUT2D eigenvalue weighted by molar-refractivity contribution is 0.0959. The Morgan fingerprint density at radius 1 is 1.28 bits per heavy atom. The molecule has 1 amide bonds. The number of amides is 1. The normalized spacial score (nSPS) is 10.3. The SMILES string of the molecule is C#CCNC(=O)c1cn(-c2ccc(F)cc2)nc1-c1cccc(C)c1. The van der Waals surface area contributed by atoms with Crippen molar-refractivity contribution in [2.24, 2.45) is 0 Å². The van der Waals surface area contributed by atoms with E-state index in [9.17, 15) is 9.18 Å². The molecule has 0 saturated heterocycles. The number of aryl methyl sites for hydroxylation is 1. The molecule has 5 heteroatoms. The van der Waals surface area contributed by atoms with Gasteiger partial charge in [0.25, 0.3) is 5.91 Å². The van der Waals surface area contributed by atoms with E-state index in [1.165, 1.54) is 12.1 Å². The van der Waals surface area contributed by atoms with Crippen LogP contribution in [0, 0.1) is 25.1 Å². The van der Waals surface area contributed by atoms with Gasteiger partial charge in [0, 0.05) is 11.8 Å². The molecule has 0 aliphatic carbocycles. The molecule has 4 nitrogen and oxygen atoms in total. The van der Waals surface area contributed by atoms with Crippen LogP contribution in [0.3, 0.4) is 0 Å². The number of carbonyl (C=O) groups excluding carboxylic acids is 1. The molecule has 1 N–H and O–H groups in total. The zero-order valence-electron chi connectivity index (χ0n) is 13.7. The van der Waals surface area contributed by atoms with E-state index < -0.39 is 0 Å². The number of nitrogens with one attached hydrogen (secondary N) is 1. The summed E-state index contributed by atoms with van der Waals surface area (Å²) in [7, 11) is 0. The monoisotopic (exact) mass is 333 g/mol. The summed E-state index contributed by atoms with van der Waals surface area (Å²) in [6.07, 6.45) is 6.84. The molecule has 0 saturated carbocycles. The van der Waals surface area contributed by atoms with Crippen LogP contribution < -0.4 is 5.32 Å². The van der Waals surface area contributed by atoms with Crippen LogP contribution in [0.1, 0.15) is 15.9 Å². The molecule has 0 spiro atoms. The molecule has 2 aromatic carbocycles. The molecule has 25 heavy (non-hydrogen) atoms. The maximum absolute atomic E-state index is 13.2. The number of hydrogen-bond donors (Lipinski definition) is 1. The van der Waals surface area contributed by atoms with Gasteiger partial charge in [-0.1, -0.05) is 29.7 Å². The lowest BCUT2D eigenvalue weighted by Crippen LogP contribution is -2.23. The van der Waals surface area contributed by atoms with Crippen LogP contribution in [-0.4, -0.2) is 22.2 Å². The number of halogens is 1. The van der Waals surface area contributed by atoms with Crippen LogP contribution in [0.5, 0.6) is 0 Å². The molecule has 0 atom stereocenters. The Labute approximate surface area is 145 Å². The maximum atomic E-state index is 13.2. The second kappa shape index (κ2) is 7.02. The lowest BCUT2D eigenvalue weighted by atomic mass is 10.1. The lowest BCUT2D eigenvalue weighted by Gasteiger charge is -2.03. The minimum Gasteiger partial charge on any atom is -0.341 e. The van der Waals surface area contributed by atoms with Gasteiger partial charge in [-0.2, -0.15) is 5.10 Å². The quantitative estimate of drug-likeness (QED) is 0.744. The third kappa shape index (κ3) is 3.59. The highest BCUT2D eigenvalue weighted by Crippen LogP contribution is 2.24. The van der Waals surface area contributed by atoms with Gasteiger partial charge < -0.3 is 5.32 Å². The molecule has 0 bridgehead atoms. The zero-order valence-corrected chi connectivity index (χ0v) is 13.7. The van der Waals surface area contributed by atoms with Crippen LogP contribution in [0.2, 0.25) is 0 Å². The number of terminal acetylenes is 1. The van der Waals surface area contributed by atoms with Gasteiger partial charge >= 0.3 is 0 Å². The van der Waals surface area contributed by atoms with E-state index in [0.29, 0.717) is 16.9 Å². The van der Waals surface area contributed by atoms with Crippen molar-refractivity contribution in [1.29, 1.82) is 0 Å². The summed E-state index contributed by atoms with van der Waals surface area (Å²) in [6, 6.07) is 13.6. The Hall–Kier alpha value is -3.39. The first-order valence-electron chi connectivity index (χ1n) is 7.73. The minimum atomic E-state index is -0.332. The average molecular weight is 333 g/mol. The first kappa shape index (κ1) is 16.5. The number of nitrogens with zero attached hydrogens (tertiary/aromatic N) is 2. The second-order valence-corrected chi connectivity index (χ2v) is 5.57. The fourth-order valence-electron chi connectivity index (χ4n) is 2.50. The number of benzene rings is 2. The number of rotatable bonds is 4. The van der Waals surface area contributed by atoms with E-state index in [2.05, 4.69) is 16.3 Å². The first-order valence-corrected chi connectivity index (χ1v) is 7.73. The van der Waals surface area contributed by atoms with E-state index in [1.807, 2.05) is 31.2 Å². The molecule has 3 rings (SSSR count). The molecule has 0 aliphatic rings. The van der Waals surface area contributed by atoms with Crippen molar-refractivity contribution in [2.75, 3.05) is 6.54 Å². The Morgan fingerprint density at radius 3 is 2.72 bits per heavy atom. The van der Waals surface area contributed by atoms with E-state index in [-0.39, 0.29) is 18.3 Å². The summed E-state index contributed by atoms with van der Waals surface area (Å²) < 4.78 is 14.7. The van der Waals surface area contributed by atoms with Crippen LogP contribution in [0.4, 0.5) is 4.39 Å². The molecule has 0 unspecified atom stereocenters. The molecule has 1 aromatic heterocycles. The van der Waals surface area contributed by atoms with Gasteiger partial charge in [0.05, 0.1) is 17.8 Å². The summed E-state index contributed by atoms with van der Waals surface area (Å²) in [4.78, 5) is 12.5. The van der Waals surface area contributed by atoms with E-state index in [1.54, 1.807) is 23.0 Å². The average Bonchev–Trinajstić information content (AvgIpc) is 3.06. The molecular formula is C20H16FN3O. The molecule has 124 valence electrons. The second-order valence-electron chi connectivity index (χ2n) is 5.57. The van der Waals surface area contributed by atoms with Crippen molar-refractivity contribution in [3.05, 3.63) is 71.7 Å². The van der Waals surface area contributed by atoms with Crippen LogP contribution in [-0.2, 0) is 0 Å². The van der Waals surface area contributed by atoms with Crippen molar-refractivity contribution in [2.45, 2.75) is 6.92 Å². The maximum Gasteiger partial charge on any atom is 0.255 e. The molecular weight excluding hydrogens is 317 g/mol. The first-order chi connectivity index (χ1) is 12.1. The van der Waals surface area contributed by atoms with Gasteiger partial charge in [0.1, 0.15) is 11.5 Å². The largest absolute Gasteiger partial charge is 0.341 e. The summed E-state index contributed by atoms with van der Waals surface area (Å²) >= 11 is 0. The Bertz CT molecular complexity index is 952. The Kier molecular flexibility index (Phi) is 4.62. The zero-order chi connectivity index (χ0) is 17.8. The third-order valence-electron chi connectivity index (χ3n) is 3.69. The van der Waals surface area contributed by atoms with Crippen molar-refractivity contribution >= 4 is 5.91 Å². The van der Waals surface area contributed by atoms with Gasteiger partial charge in [-0.05, 0) is 37.3 Å². The van der Waals surface area contributed by atoms with Crippen molar-refractivity contribution in [3.8, 4) is 29.3 Å². The predicted molar refractivity (Wildman–Crippen MR) is 94.9 cm³/mol. The van der Waals surface area contributed by atoms with E-state index >= 15 is 0 Å². The predicted octanol–water partition coefficient (Wildman–Crippen LogP) is 3.35. The third-order valence-corrected chi connectivity index (χ3v) is 3.69. The smallest absolute Gasteiger partial charge is 0.255 e. The van der Waals surface area contributed by atoms with E-state index in [0.717, 1.165) is 11.1 Å². The fraction of sp³-hybridized carbons (Fsp3) is 0.100. The summed E-state index contributed by atoms with van der Waals surface area (Å²) in [5.74, 6) is 1.75. The summed E-state index contributed by atoms with van der Waals surface area (Å²) in [5, 5.41) is 7.19. The van der Waals surface area contributed by atoms with Gasteiger partial charge in [-0.15, -0.1) is 6.42 Å². The van der Waals surface area contributed by atoms with Gasteiger partial charge in [0.15, 0.2) is 0 Å². The number of hydrogen-bond acceptors (Lipinski definition) is 2. The topological polar surface area (TPSA) is 46.9 Å². The standard InChI is InChI=1S/C20H16FN3O/c1-3-11-22-20(25)18-13-24(17-9-7-16(21)8-10-17)23-19(18)15-6-4-5-14(2)12-15/h1,4-10,12-13H,11H2,2H3,(H,22,25). The molecule has 0 aliphatic heterocycles. The highest BCUT2D eigenvalue weighted by molar-refractivity contribution is 6.00. The van der Waals surface area contributed by atoms with Crippen LogP contribution in [0.25, 0.3) is 16.9 Å². The van der Waals surface area contributed by atoms with Crippen molar-refractivity contribution in [1.82, 2.24) is 15.1 Å². The molecule has 0 fully saturated rings. The Morgan fingerprint density at radius 2 is 2.04 bits per heavy atom. The summed E-state index contributed by atoms with van der Waals surface area (Å²) in [6.45, 7) is 2.10. The van der Waals surface area contributed by atoms with E-state index in [4.69, 9.17) is 6.42 Å². The van der Waals surface area contributed by atoms with Gasteiger partial charge in [0.2, 0.25) is 0 Å². The van der Waals surface area contributed by atoms with Crippen molar-refractivity contribution in [3.63, 3.8) is 0 Å². The molecule has 0 radical (unpaired) electrons. The number of aromatic nitrogens is 2. The minimum absolute atomic E-state index is 0.133. The Balaban J connectivity index is 2.09. The van der Waals surface area contributed by atoms with Crippen LogP contribution in [0.15, 0.2) is 54.7 Å². The van der Waals surface area contributed by atoms with Crippen LogP contribution >= 0.6 is 0 Å². The highest BCUT2D eigenvalue weighted by atomic mass is 19.1. The highest BCUT2D eigenvalue weighted by Gasteiger charge is 2.18. The van der Waals surface area contributed by atoms with Crippen molar-refractivity contribution < 1.29 is 9.18 Å². The van der Waals surface area contributed by atoms with Gasteiger partial charge in [-0.25, -0.2) is 9.07 Å².